The fourth-order valence-corrected chi connectivity index (χ4v) is 1.19. The van der Waals surface area contributed by atoms with E-state index in [0.717, 1.165) is 24.0 Å². The minimum absolute atomic E-state index is 0.275. The Morgan fingerprint density at radius 3 is 2.62 bits per heavy atom. The number of aryl methyl sites for hydroxylation is 2. The van der Waals surface area contributed by atoms with Gasteiger partial charge in [-0.15, -0.1) is 0 Å². The van der Waals surface area contributed by atoms with Crippen molar-refractivity contribution in [1.82, 2.24) is 0 Å². The van der Waals surface area contributed by atoms with E-state index in [-0.39, 0.29) is 6.10 Å². The van der Waals surface area contributed by atoms with E-state index in [2.05, 4.69) is 0 Å². The summed E-state index contributed by atoms with van der Waals surface area (Å²) in [6.45, 7) is 3.64. The van der Waals surface area contributed by atoms with Crippen LogP contribution in [0.25, 0.3) is 0 Å². The van der Waals surface area contributed by atoms with Crippen molar-refractivity contribution < 1.29 is 10.2 Å². The molecule has 0 spiro atoms. The molecule has 0 amide bonds. The summed E-state index contributed by atoms with van der Waals surface area (Å²) in [6, 6.07) is 5.64. The van der Waals surface area contributed by atoms with Gasteiger partial charge in [-0.1, -0.05) is 12.1 Å². The average molecular weight is 180 g/mol. The van der Waals surface area contributed by atoms with Gasteiger partial charge < -0.3 is 10.2 Å². The van der Waals surface area contributed by atoms with Crippen molar-refractivity contribution in [2.45, 2.75) is 32.8 Å². The van der Waals surface area contributed by atoms with Gasteiger partial charge >= 0.3 is 0 Å². The van der Waals surface area contributed by atoms with Crippen LogP contribution in [0.4, 0.5) is 0 Å². The standard InChI is InChI=1S/C11H16O2/c1-8-3-5-10(7-11(8)13)6-4-9(2)12/h3,5,7,9,12-13H,4,6H2,1-2H3/t9-/m1/s1. The second-order valence-corrected chi connectivity index (χ2v) is 3.51. The van der Waals surface area contributed by atoms with Crippen molar-refractivity contribution in [2.75, 3.05) is 0 Å². The van der Waals surface area contributed by atoms with Crippen LogP contribution in [-0.2, 0) is 6.42 Å². The Morgan fingerprint density at radius 1 is 1.38 bits per heavy atom. The molecule has 2 N–H and O–H groups in total. The van der Waals surface area contributed by atoms with Crippen molar-refractivity contribution in [3.8, 4) is 5.75 Å². The molecule has 1 aromatic carbocycles. The monoisotopic (exact) mass is 180 g/mol. The van der Waals surface area contributed by atoms with Crippen molar-refractivity contribution in [3.63, 3.8) is 0 Å². The van der Waals surface area contributed by atoms with Gasteiger partial charge in [0.05, 0.1) is 6.10 Å². The average Bonchev–Trinajstić information content (AvgIpc) is 2.07. The first-order valence-corrected chi connectivity index (χ1v) is 4.56. The number of aliphatic hydroxyl groups excluding tert-OH is 1. The third-order valence-electron chi connectivity index (χ3n) is 2.12. The summed E-state index contributed by atoms with van der Waals surface area (Å²) >= 11 is 0. The maximum Gasteiger partial charge on any atom is 0.118 e. The summed E-state index contributed by atoms with van der Waals surface area (Å²) in [7, 11) is 0. The quantitative estimate of drug-likeness (QED) is 0.747. The molecule has 0 heterocycles. The lowest BCUT2D eigenvalue weighted by Crippen LogP contribution is -2.01. The Morgan fingerprint density at radius 2 is 2.08 bits per heavy atom. The van der Waals surface area contributed by atoms with Gasteiger partial charge in [0.2, 0.25) is 0 Å². The van der Waals surface area contributed by atoms with Crippen molar-refractivity contribution in [3.05, 3.63) is 29.3 Å². The van der Waals surface area contributed by atoms with Gasteiger partial charge in [0.25, 0.3) is 0 Å². The number of phenolic OH excluding ortho intramolecular Hbond substituents is 1. The maximum atomic E-state index is 9.40. The van der Waals surface area contributed by atoms with Crippen molar-refractivity contribution in [2.24, 2.45) is 0 Å². The Balaban J connectivity index is 2.63. The Hall–Kier alpha value is -1.02. The molecule has 0 aliphatic carbocycles. The van der Waals surface area contributed by atoms with Gasteiger partial charge in [0.15, 0.2) is 0 Å². The first-order chi connectivity index (χ1) is 6.09. The second-order valence-electron chi connectivity index (χ2n) is 3.51. The van der Waals surface area contributed by atoms with Crippen LogP contribution in [0.15, 0.2) is 18.2 Å². The van der Waals surface area contributed by atoms with Crippen LogP contribution in [0.2, 0.25) is 0 Å². The number of rotatable bonds is 3. The first-order valence-electron chi connectivity index (χ1n) is 4.56. The van der Waals surface area contributed by atoms with E-state index in [1.165, 1.54) is 0 Å². The van der Waals surface area contributed by atoms with Gasteiger partial charge in [0.1, 0.15) is 5.75 Å². The Labute approximate surface area is 78.8 Å². The topological polar surface area (TPSA) is 40.5 Å². The molecule has 2 heteroatoms. The number of aliphatic hydroxyl groups is 1. The molecule has 0 fully saturated rings. The number of phenols is 1. The van der Waals surface area contributed by atoms with E-state index in [1.54, 1.807) is 13.0 Å². The van der Waals surface area contributed by atoms with E-state index in [4.69, 9.17) is 5.11 Å². The van der Waals surface area contributed by atoms with Gasteiger partial charge in [0, 0.05) is 0 Å². The summed E-state index contributed by atoms with van der Waals surface area (Å²) in [5.41, 5.74) is 1.96. The molecule has 13 heavy (non-hydrogen) atoms. The Kier molecular flexibility index (Phi) is 3.32. The lowest BCUT2D eigenvalue weighted by molar-refractivity contribution is 0.185. The van der Waals surface area contributed by atoms with E-state index in [1.807, 2.05) is 19.1 Å². The van der Waals surface area contributed by atoms with E-state index in [9.17, 15) is 5.11 Å². The Bertz CT molecular complexity index is 279. The third kappa shape index (κ3) is 3.07. The summed E-state index contributed by atoms with van der Waals surface area (Å²) in [5.74, 6) is 0.336. The minimum atomic E-state index is -0.275. The molecule has 0 aliphatic rings. The van der Waals surface area contributed by atoms with Crippen molar-refractivity contribution >= 4 is 0 Å². The third-order valence-corrected chi connectivity index (χ3v) is 2.12. The predicted molar refractivity (Wildman–Crippen MR) is 52.8 cm³/mol. The minimum Gasteiger partial charge on any atom is -0.508 e. The molecule has 1 rings (SSSR count). The first kappa shape index (κ1) is 10.1. The summed E-state index contributed by atoms with van der Waals surface area (Å²) < 4.78 is 0. The van der Waals surface area contributed by atoms with Crippen molar-refractivity contribution in [1.29, 1.82) is 0 Å². The van der Waals surface area contributed by atoms with Gasteiger partial charge in [-0.05, 0) is 43.9 Å². The maximum absolute atomic E-state index is 9.40. The molecule has 0 aliphatic heterocycles. The fraction of sp³-hybridized carbons (Fsp3) is 0.455. The predicted octanol–water partition coefficient (Wildman–Crippen LogP) is 2.01. The van der Waals surface area contributed by atoms with Crippen LogP contribution in [-0.4, -0.2) is 16.3 Å². The summed E-state index contributed by atoms with van der Waals surface area (Å²) in [5, 5.41) is 18.5. The largest absolute Gasteiger partial charge is 0.508 e. The zero-order chi connectivity index (χ0) is 9.84. The molecule has 2 nitrogen and oxygen atoms in total. The van der Waals surface area contributed by atoms with Crippen LogP contribution in [0, 0.1) is 6.92 Å². The van der Waals surface area contributed by atoms with Crippen LogP contribution in [0.1, 0.15) is 24.5 Å². The van der Waals surface area contributed by atoms with Crippen LogP contribution in [0.5, 0.6) is 5.75 Å². The highest BCUT2D eigenvalue weighted by Crippen LogP contribution is 2.18. The SMILES string of the molecule is Cc1ccc(CC[C@@H](C)O)cc1O. The highest BCUT2D eigenvalue weighted by atomic mass is 16.3. The molecule has 0 unspecified atom stereocenters. The summed E-state index contributed by atoms with van der Waals surface area (Å²) in [4.78, 5) is 0. The smallest absolute Gasteiger partial charge is 0.118 e. The molecule has 0 radical (unpaired) electrons. The van der Waals surface area contributed by atoms with E-state index in [0.29, 0.717) is 5.75 Å². The second kappa shape index (κ2) is 4.28. The number of hydrogen-bond acceptors (Lipinski definition) is 2. The van der Waals surface area contributed by atoms with Gasteiger partial charge in [-0.25, -0.2) is 0 Å². The molecule has 0 bridgehead atoms. The van der Waals surface area contributed by atoms with Crippen LogP contribution < -0.4 is 0 Å². The molecule has 1 atom stereocenters. The molecule has 72 valence electrons. The summed E-state index contributed by atoms with van der Waals surface area (Å²) in [6.07, 6.45) is 1.28. The molecule has 0 saturated heterocycles. The number of benzene rings is 1. The molecule has 1 aromatic rings. The van der Waals surface area contributed by atoms with Crippen LogP contribution in [0.3, 0.4) is 0 Å². The van der Waals surface area contributed by atoms with E-state index >= 15 is 0 Å². The zero-order valence-electron chi connectivity index (χ0n) is 8.12. The van der Waals surface area contributed by atoms with Crippen LogP contribution >= 0.6 is 0 Å². The number of aromatic hydroxyl groups is 1. The molecule has 0 saturated carbocycles. The molecular weight excluding hydrogens is 164 g/mol. The normalized spacial score (nSPS) is 12.8. The fourth-order valence-electron chi connectivity index (χ4n) is 1.19. The highest BCUT2D eigenvalue weighted by molar-refractivity contribution is 5.35. The lowest BCUT2D eigenvalue weighted by atomic mass is 10.1. The lowest BCUT2D eigenvalue weighted by Gasteiger charge is -2.05. The zero-order valence-corrected chi connectivity index (χ0v) is 8.12. The highest BCUT2D eigenvalue weighted by Gasteiger charge is 2.00. The molecule has 0 aromatic heterocycles. The van der Waals surface area contributed by atoms with Gasteiger partial charge in [-0.3, -0.25) is 0 Å². The van der Waals surface area contributed by atoms with E-state index < -0.39 is 0 Å². The number of hydrogen-bond donors (Lipinski definition) is 2. The molecular formula is C11H16O2. The van der Waals surface area contributed by atoms with Gasteiger partial charge in [-0.2, -0.15) is 0 Å².